The minimum absolute atomic E-state index is 0.0412. The molecule has 1 aromatic heterocycles. The highest BCUT2D eigenvalue weighted by atomic mass is 16.5. The lowest BCUT2D eigenvalue weighted by Crippen LogP contribution is -2.37. The number of rotatable bonds is 8. The number of carboxylic acids is 1. The van der Waals surface area contributed by atoms with Crippen LogP contribution in [0.3, 0.4) is 0 Å². The minimum atomic E-state index is -0.828. The van der Waals surface area contributed by atoms with E-state index in [0.717, 1.165) is 6.42 Å². The third-order valence-electron chi connectivity index (χ3n) is 5.50. The number of amides is 1. The smallest absolute Gasteiger partial charge is 0.343 e. The summed E-state index contributed by atoms with van der Waals surface area (Å²) >= 11 is 0. The number of carbonyl (C=O) groups is 3. The molecule has 0 radical (unpaired) electrons. The van der Waals surface area contributed by atoms with Crippen LogP contribution in [-0.4, -0.2) is 72.2 Å². The summed E-state index contributed by atoms with van der Waals surface area (Å²) in [5.74, 6) is -1.43. The summed E-state index contributed by atoms with van der Waals surface area (Å²) in [7, 11) is 0. The van der Waals surface area contributed by atoms with Gasteiger partial charge in [0.25, 0.3) is 0 Å². The van der Waals surface area contributed by atoms with Crippen LogP contribution >= 0.6 is 0 Å². The van der Waals surface area contributed by atoms with Gasteiger partial charge in [-0.15, -0.1) is 0 Å². The first-order chi connectivity index (χ1) is 14.9. The van der Waals surface area contributed by atoms with Crippen LogP contribution in [0.4, 0.5) is 5.82 Å². The van der Waals surface area contributed by atoms with Gasteiger partial charge in [-0.25, -0.2) is 4.79 Å². The molecule has 2 aliphatic rings. The Hall–Kier alpha value is -3.35. The van der Waals surface area contributed by atoms with Gasteiger partial charge in [-0.1, -0.05) is 0 Å². The first kappa shape index (κ1) is 22.3. The Morgan fingerprint density at radius 3 is 2.65 bits per heavy atom. The molecule has 2 saturated heterocycles. The molecule has 0 atom stereocenters. The van der Waals surface area contributed by atoms with E-state index in [0.29, 0.717) is 51.3 Å². The molecule has 0 saturated carbocycles. The summed E-state index contributed by atoms with van der Waals surface area (Å²) in [6.45, 7) is 3.90. The molecule has 2 fully saturated rings. The van der Waals surface area contributed by atoms with Crippen molar-refractivity contribution in [2.75, 3.05) is 44.3 Å². The van der Waals surface area contributed by atoms with Crippen molar-refractivity contribution >= 4 is 23.7 Å². The third kappa shape index (κ3) is 5.23. The molecule has 1 N–H and O–H groups in total. The summed E-state index contributed by atoms with van der Waals surface area (Å²) in [6, 6.07) is 3.46. The average Bonchev–Trinajstić information content (AvgIpc) is 3.18. The highest BCUT2D eigenvalue weighted by Crippen LogP contribution is 2.30. The van der Waals surface area contributed by atoms with Gasteiger partial charge < -0.3 is 24.4 Å². The number of nitrogens with zero attached hydrogens (tertiary/aromatic N) is 4. The van der Waals surface area contributed by atoms with E-state index in [2.05, 4.69) is 11.1 Å². The van der Waals surface area contributed by atoms with Gasteiger partial charge >= 0.3 is 11.9 Å². The summed E-state index contributed by atoms with van der Waals surface area (Å²) in [6.07, 6.45) is 2.22. The van der Waals surface area contributed by atoms with E-state index in [1.807, 2.05) is 4.90 Å². The molecular weight excluding hydrogens is 404 g/mol. The maximum absolute atomic E-state index is 12.4. The minimum Gasteiger partial charge on any atom is -0.481 e. The van der Waals surface area contributed by atoms with Crippen molar-refractivity contribution in [2.24, 2.45) is 5.92 Å². The van der Waals surface area contributed by atoms with Crippen molar-refractivity contribution in [2.45, 2.75) is 32.6 Å². The third-order valence-corrected chi connectivity index (χ3v) is 5.50. The number of carbonyl (C=O) groups excluding carboxylic acids is 2. The summed E-state index contributed by atoms with van der Waals surface area (Å²) < 4.78 is 10.8. The van der Waals surface area contributed by atoms with E-state index < -0.39 is 17.9 Å². The number of piperidine rings is 1. The second-order valence-electron chi connectivity index (χ2n) is 7.48. The van der Waals surface area contributed by atoms with E-state index in [4.69, 9.17) is 9.47 Å². The van der Waals surface area contributed by atoms with Crippen LogP contribution in [0.5, 0.6) is 5.88 Å². The predicted molar refractivity (Wildman–Crippen MR) is 109 cm³/mol. The molecule has 3 rings (SSSR count). The van der Waals surface area contributed by atoms with Gasteiger partial charge in [0.2, 0.25) is 11.8 Å². The van der Waals surface area contributed by atoms with Gasteiger partial charge in [0.05, 0.1) is 24.6 Å². The molecule has 0 aromatic carbocycles. The topological polar surface area (TPSA) is 133 Å². The van der Waals surface area contributed by atoms with Gasteiger partial charge in [-0.2, -0.15) is 10.2 Å². The van der Waals surface area contributed by atoms with Crippen molar-refractivity contribution in [3.8, 4) is 11.9 Å². The van der Waals surface area contributed by atoms with Gasteiger partial charge in [-0.3, -0.25) is 9.59 Å². The Bertz CT molecular complexity index is 889. The van der Waals surface area contributed by atoms with Gasteiger partial charge in [0.15, 0.2) is 5.82 Å². The van der Waals surface area contributed by atoms with Crippen molar-refractivity contribution in [1.82, 2.24) is 9.88 Å². The standard InChI is InChI=1S/C21H26N4O6/c1-2-30-21(29)16-12-15(13-22)18(25-8-5-14(6-9-25)20(27)28)23-19(16)31-11-10-24-7-3-4-17(24)26/h12,14H,2-11H2,1H3,(H,27,28). The number of nitriles is 1. The molecule has 10 nitrogen and oxygen atoms in total. The van der Waals surface area contributed by atoms with Crippen LogP contribution in [0.1, 0.15) is 48.5 Å². The van der Waals surface area contributed by atoms with E-state index in [1.54, 1.807) is 11.8 Å². The number of esters is 1. The molecule has 2 aliphatic heterocycles. The number of carboxylic acid groups (broad SMARTS) is 1. The zero-order valence-corrected chi connectivity index (χ0v) is 17.5. The summed E-state index contributed by atoms with van der Waals surface area (Å²) in [5, 5.41) is 18.8. The Morgan fingerprint density at radius 2 is 2.06 bits per heavy atom. The number of likely N-dealkylation sites (tertiary alicyclic amines) is 1. The Balaban J connectivity index is 1.82. The zero-order valence-electron chi connectivity index (χ0n) is 17.5. The monoisotopic (exact) mass is 430 g/mol. The molecule has 31 heavy (non-hydrogen) atoms. The summed E-state index contributed by atoms with van der Waals surface area (Å²) in [5.41, 5.74) is 0.245. The summed E-state index contributed by atoms with van der Waals surface area (Å²) in [4.78, 5) is 43.4. The largest absolute Gasteiger partial charge is 0.481 e. The predicted octanol–water partition coefficient (Wildman–Crippen LogP) is 1.43. The van der Waals surface area contributed by atoms with E-state index in [-0.39, 0.29) is 36.1 Å². The van der Waals surface area contributed by atoms with Gasteiger partial charge in [0.1, 0.15) is 18.2 Å². The number of hydrogen-bond donors (Lipinski definition) is 1. The fourth-order valence-electron chi connectivity index (χ4n) is 3.81. The van der Waals surface area contributed by atoms with E-state index in [1.165, 1.54) is 6.07 Å². The SMILES string of the molecule is CCOC(=O)c1cc(C#N)c(N2CCC(C(=O)O)CC2)nc1OCCN1CCCC1=O. The quantitative estimate of drug-likeness (QED) is 0.608. The first-order valence-electron chi connectivity index (χ1n) is 10.4. The number of ether oxygens (including phenoxy) is 2. The Labute approximate surface area is 180 Å². The second kappa shape index (κ2) is 10.1. The van der Waals surface area contributed by atoms with E-state index >= 15 is 0 Å². The average molecular weight is 430 g/mol. The normalized spacial score (nSPS) is 16.8. The number of pyridine rings is 1. The molecule has 0 spiro atoms. The maximum Gasteiger partial charge on any atom is 0.343 e. The molecule has 0 aliphatic carbocycles. The number of aromatic nitrogens is 1. The molecule has 0 bridgehead atoms. The maximum atomic E-state index is 12.4. The second-order valence-corrected chi connectivity index (χ2v) is 7.48. The highest BCUT2D eigenvalue weighted by molar-refractivity contribution is 5.93. The van der Waals surface area contributed by atoms with Gasteiger partial charge in [0, 0.05) is 26.1 Å². The van der Waals surface area contributed by atoms with Crippen LogP contribution in [0.2, 0.25) is 0 Å². The number of aliphatic carboxylic acids is 1. The molecule has 3 heterocycles. The lowest BCUT2D eigenvalue weighted by atomic mass is 9.97. The fraction of sp³-hybridized carbons (Fsp3) is 0.571. The molecule has 0 unspecified atom stereocenters. The van der Waals surface area contributed by atoms with Crippen LogP contribution in [-0.2, 0) is 14.3 Å². The lowest BCUT2D eigenvalue weighted by molar-refractivity contribution is -0.142. The molecular formula is C21H26N4O6. The highest BCUT2D eigenvalue weighted by Gasteiger charge is 2.29. The van der Waals surface area contributed by atoms with Gasteiger partial charge in [-0.05, 0) is 32.3 Å². The van der Waals surface area contributed by atoms with Crippen LogP contribution < -0.4 is 9.64 Å². The van der Waals surface area contributed by atoms with Crippen LogP contribution in [0.25, 0.3) is 0 Å². The molecule has 1 aromatic rings. The van der Waals surface area contributed by atoms with Crippen molar-refractivity contribution in [3.05, 3.63) is 17.2 Å². The zero-order chi connectivity index (χ0) is 22.4. The molecule has 10 heteroatoms. The molecule has 166 valence electrons. The Morgan fingerprint density at radius 1 is 1.32 bits per heavy atom. The number of hydrogen-bond acceptors (Lipinski definition) is 8. The van der Waals surface area contributed by atoms with E-state index in [9.17, 15) is 24.8 Å². The lowest BCUT2D eigenvalue weighted by Gasteiger charge is -2.31. The first-order valence-corrected chi connectivity index (χ1v) is 10.4. The van der Waals surface area contributed by atoms with Crippen LogP contribution in [0, 0.1) is 17.2 Å². The van der Waals surface area contributed by atoms with Crippen molar-refractivity contribution < 1.29 is 29.0 Å². The fourth-order valence-corrected chi connectivity index (χ4v) is 3.81. The van der Waals surface area contributed by atoms with Crippen molar-refractivity contribution in [1.29, 1.82) is 5.26 Å². The molecule has 1 amide bonds. The Kier molecular flexibility index (Phi) is 7.28. The van der Waals surface area contributed by atoms with Crippen molar-refractivity contribution in [3.63, 3.8) is 0 Å². The van der Waals surface area contributed by atoms with Crippen LogP contribution in [0.15, 0.2) is 6.07 Å². The number of anilines is 1.